The average Bonchev–Trinajstić information content (AvgIpc) is 2.29. The van der Waals surface area contributed by atoms with Crippen LogP contribution in [-0.4, -0.2) is 32.0 Å². The van der Waals surface area contributed by atoms with Crippen LogP contribution in [0.2, 0.25) is 5.02 Å². The zero-order valence-electron chi connectivity index (χ0n) is 10.7. The lowest BCUT2D eigenvalue weighted by molar-refractivity contribution is 0.00752. The molecule has 0 fully saturated rings. The van der Waals surface area contributed by atoms with Gasteiger partial charge in [0, 0.05) is 5.02 Å². The van der Waals surface area contributed by atoms with E-state index < -0.39 is 13.0 Å². The van der Waals surface area contributed by atoms with Crippen molar-refractivity contribution in [1.82, 2.24) is 0 Å². The fourth-order valence-electron chi connectivity index (χ4n) is 1.56. The molecule has 0 saturated carbocycles. The standard InChI is InChI=1S/C13H15ClF2O3/c1-8-5-10(14)6-11(9(2)17)13(8)19-4-3-18-7-12(15)16/h5-6,12H,3-4,7H2,1-2H3. The molecule has 3 nitrogen and oxygen atoms in total. The summed E-state index contributed by atoms with van der Waals surface area (Å²) in [5, 5.41) is 0.448. The minimum atomic E-state index is -2.50. The Hall–Kier alpha value is -1.20. The summed E-state index contributed by atoms with van der Waals surface area (Å²) in [5.74, 6) is 0.242. The molecule has 0 aliphatic rings. The first kappa shape index (κ1) is 15.9. The summed E-state index contributed by atoms with van der Waals surface area (Å²) in [4.78, 5) is 11.5. The number of carbonyl (C=O) groups is 1. The average molecular weight is 293 g/mol. The first-order valence-corrected chi connectivity index (χ1v) is 6.09. The highest BCUT2D eigenvalue weighted by molar-refractivity contribution is 6.31. The Morgan fingerprint density at radius 2 is 2.05 bits per heavy atom. The Kier molecular flexibility index (Phi) is 6.18. The van der Waals surface area contributed by atoms with Gasteiger partial charge >= 0.3 is 0 Å². The zero-order valence-corrected chi connectivity index (χ0v) is 11.5. The number of halogens is 3. The van der Waals surface area contributed by atoms with Crippen molar-refractivity contribution < 1.29 is 23.0 Å². The number of Topliss-reactive ketones (excluding diaryl/α,β-unsaturated/α-hetero) is 1. The van der Waals surface area contributed by atoms with E-state index in [4.69, 9.17) is 21.1 Å². The zero-order chi connectivity index (χ0) is 14.4. The van der Waals surface area contributed by atoms with Crippen LogP contribution >= 0.6 is 11.6 Å². The summed E-state index contributed by atoms with van der Waals surface area (Å²) < 4.78 is 33.8. The van der Waals surface area contributed by atoms with Gasteiger partial charge in [-0.05, 0) is 31.5 Å². The molecule has 0 aliphatic heterocycles. The van der Waals surface area contributed by atoms with Gasteiger partial charge in [-0.2, -0.15) is 0 Å². The van der Waals surface area contributed by atoms with Crippen molar-refractivity contribution in [3.63, 3.8) is 0 Å². The van der Waals surface area contributed by atoms with Crippen molar-refractivity contribution in [3.8, 4) is 5.75 Å². The largest absolute Gasteiger partial charge is 0.490 e. The van der Waals surface area contributed by atoms with E-state index in [1.807, 2.05) is 0 Å². The molecule has 0 unspecified atom stereocenters. The van der Waals surface area contributed by atoms with Gasteiger partial charge in [-0.15, -0.1) is 0 Å². The predicted molar refractivity (Wildman–Crippen MR) is 68.5 cm³/mol. The van der Waals surface area contributed by atoms with Gasteiger partial charge < -0.3 is 9.47 Å². The molecule has 0 N–H and O–H groups in total. The Labute approximate surface area is 115 Å². The maximum atomic E-state index is 11.8. The molecule has 0 saturated heterocycles. The Morgan fingerprint density at radius 3 is 2.63 bits per heavy atom. The fourth-order valence-corrected chi connectivity index (χ4v) is 1.83. The van der Waals surface area contributed by atoms with Crippen molar-refractivity contribution in [2.45, 2.75) is 20.3 Å². The summed E-state index contributed by atoms with van der Waals surface area (Å²) in [5.41, 5.74) is 1.09. The minimum Gasteiger partial charge on any atom is -0.490 e. The number of ether oxygens (including phenoxy) is 2. The quantitative estimate of drug-likeness (QED) is 0.570. The Morgan fingerprint density at radius 1 is 1.37 bits per heavy atom. The first-order chi connectivity index (χ1) is 8.91. The van der Waals surface area contributed by atoms with E-state index in [1.54, 1.807) is 13.0 Å². The van der Waals surface area contributed by atoms with Crippen molar-refractivity contribution in [3.05, 3.63) is 28.3 Å². The topological polar surface area (TPSA) is 35.5 Å². The van der Waals surface area contributed by atoms with Crippen LogP contribution in [0, 0.1) is 6.92 Å². The smallest absolute Gasteiger partial charge is 0.261 e. The summed E-state index contributed by atoms with van der Waals surface area (Å²) in [6, 6.07) is 3.19. The molecule has 106 valence electrons. The van der Waals surface area contributed by atoms with Crippen molar-refractivity contribution in [2.24, 2.45) is 0 Å². The van der Waals surface area contributed by atoms with Crippen LogP contribution < -0.4 is 4.74 Å². The molecule has 0 amide bonds. The van der Waals surface area contributed by atoms with Gasteiger partial charge in [0.15, 0.2) is 5.78 Å². The van der Waals surface area contributed by atoms with Gasteiger partial charge in [0.2, 0.25) is 0 Å². The number of benzene rings is 1. The van der Waals surface area contributed by atoms with Gasteiger partial charge in [0.25, 0.3) is 6.43 Å². The van der Waals surface area contributed by atoms with Crippen molar-refractivity contribution in [1.29, 1.82) is 0 Å². The van der Waals surface area contributed by atoms with Crippen LogP contribution in [-0.2, 0) is 4.74 Å². The maximum absolute atomic E-state index is 11.8. The van der Waals surface area contributed by atoms with E-state index in [0.29, 0.717) is 21.9 Å². The summed E-state index contributed by atoms with van der Waals surface area (Å²) in [7, 11) is 0. The summed E-state index contributed by atoms with van der Waals surface area (Å²) in [6.45, 7) is 2.67. The molecule has 1 aromatic carbocycles. The number of ketones is 1. The van der Waals surface area contributed by atoms with E-state index >= 15 is 0 Å². The first-order valence-electron chi connectivity index (χ1n) is 5.71. The lowest BCUT2D eigenvalue weighted by Crippen LogP contribution is -2.13. The highest BCUT2D eigenvalue weighted by Gasteiger charge is 2.13. The molecule has 1 rings (SSSR count). The van der Waals surface area contributed by atoms with Gasteiger partial charge in [-0.3, -0.25) is 4.79 Å². The van der Waals surface area contributed by atoms with Crippen LogP contribution in [0.25, 0.3) is 0 Å². The number of carbonyl (C=O) groups excluding carboxylic acids is 1. The van der Waals surface area contributed by atoms with Gasteiger partial charge in [-0.25, -0.2) is 8.78 Å². The molecule has 1 aromatic rings. The molecule has 19 heavy (non-hydrogen) atoms. The molecule has 0 aliphatic carbocycles. The molecular formula is C13H15ClF2O3. The third-order valence-electron chi connectivity index (χ3n) is 2.34. The van der Waals surface area contributed by atoms with Crippen molar-refractivity contribution >= 4 is 17.4 Å². The molecule has 0 bridgehead atoms. The number of rotatable bonds is 7. The van der Waals surface area contributed by atoms with Crippen LogP contribution in [0.15, 0.2) is 12.1 Å². The predicted octanol–water partition coefficient (Wildman–Crippen LogP) is 3.51. The molecule has 0 spiro atoms. The second kappa shape index (κ2) is 7.40. The van der Waals surface area contributed by atoms with E-state index in [1.165, 1.54) is 13.0 Å². The minimum absolute atomic E-state index is 0.0315. The SMILES string of the molecule is CC(=O)c1cc(Cl)cc(C)c1OCCOCC(F)F. The van der Waals surface area contributed by atoms with E-state index in [9.17, 15) is 13.6 Å². The Balaban J connectivity index is 2.64. The normalized spacial score (nSPS) is 10.8. The lowest BCUT2D eigenvalue weighted by Gasteiger charge is -2.13. The van der Waals surface area contributed by atoms with Gasteiger partial charge in [-0.1, -0.05) is 11.6 Å². The number of alkyl halides is 2. The third kappa shape index (κ3) is 5.12. The number of hydrogen-bond donors (Lipinski definition) is 0. The second-order valence-corrected chi connectivity index (χ2v) is 4.41. The summed E-state index contributed by atoms with van der Waals surface area (Å²) >= 11 is 5.87. The monoisotopic (exact) mass is 292 g/mol. The van der Waals surface area contributed by atoms with Crippen LogP contribution in [0.3, 0.4) is 0 Å². The van der Waals surface area contributed by atoms with E-state index in [-0.39, 0.29) is 19.0 Å². The van der Waals surface area contributed by atoms with E-state index in [2.05, 4.69) is 0 Å². The number of aryl methyl sites for hydroxylation is 1. The third-order valence-corrected chi connectivity index (χ3v) is 2.55. The van der Waals surface area contributed by atoms with Crippen LogP contribution in [0.5, 0.6) is 5.75 Å². The highest BCUT2D eigenvalue weighted by Crippen LogP contribution is 2.28. The van der Waals surface area contributed by atoms with Crippen LogP contribution in [0.4, 0.5) is 8.78 Å². The number of hydrogen-bond acceptors (Lipinski definition) is 3. The molecule has 0 aromatic heterocycles. The molecule has 0 radical (unpaired) electrons. The molecule has 6 heteroatoms. The van der Waals surface area contributed by atoms with E-state index in [0.717, 1.165) is 0 Å². The summed E-state index contributed by atoms with van der Waals surface area (Å²) in [6.07, 6.45) is -2.50. The highest BCUT2D eigenvalue weighted by atomic mass is 35.5. The Bertz CT molecular complexity index is 450. The van der Waals surface area contributed by atoms with Gasteiger partial charge in [0.1, 0.15) is 19.0 Å². The molecule has 0 atom stereocenters. The van der Waals surface area contributed by atoms with Gasteiger partial charge in [0.05, 0.1) is 12.2 Å². The van der Waals surface area contributed by atoms with Crippen LogP contribution in [0.1, 0.15) is 22.8 Å². The maximum Gasteiger partial charge on any atom is 0.261 e. The fraction of sp³-hybridized carbons (Fsp3) is 0.462. The lowest BCUT2D eigenvalue weighted by atomic mass is 10.1. The molecule has 0 heterocycles. The second-order valence-electron chi connectivity index (χ2n) is 3.97. The molecular weight excluding hydrogens is 278 g/mol. The van der Waals surface area contributed by atoms with Crippen molar-refractivity contribution in [2.75, 3.05) is 19.8 Å².